The highest BCUT2D eigenvalue weighted by Gasteiger charge is 2.33. The van der Waals surface area contributed by atoms with E-state index in [0.717, 1.165) is 19.5 Å². The van der Waals surface area contributed by atoms with Crippen LogP contribution in [0.5, 0.6) is 0 Å². The minimum atomic E-state index is -0.407. The second kappa shape index (κ2) is 6.15. The van der Waals surface area contributed by atoms with E-state index >= 15 is 0 Å². The third kappa shape index (κ3) is 5.17. The molecule has 1 aliphatic carbocycles. The Hall–Kier alpha value is -0.770. The average molecular weight is 296 g/mol. The third-order valence-electron chi connectivity index (χ3n) is 4.52. The molecule has 2 rings (SSSR count). The van der Waals surface area contributed by atoms with E-state index in [1.165, 1.54) is 25.7 Å². The molecule has 0 aromatic heterocycles. The highest BCUT2D eigenvalue weighted by molar-refractivity contribution is 5.68. The monoisotopic (exact) mass is 296 g/mol. The molecule has 2 unspecified atom stereocenters. The molecule has 2 atom stereocenters. The molecule has 2 aliphatic rings. The topological polar surface area (TPSA) is 41.6 Å². The summed E-state index contributed by atoms with van der Waals surface area (Å²) in [5, 5.41) is 3.77. The molecule has 0 aromatic rings. The van der Waals surface area contributed by atoms with Crippen LogP contribution in [0.3, 0.4) is 0 Å². The van der Waals surface area contributed by atoms with Crippen molar-refractivity contribution in [2.24, 2.45) is 5.41 Å². The summed E-state index contributed by atoms with van der Waals surface area (Å²) in [7, 11) is 0. The Labute approximate surface area is 129 Å². The van der Waals surface area contributed by atoms with Gasteiger partial charge in [-0.05, 0) is 51.9 Å². The van der Waals surface area contributed by atoms with E-state index in [9.17, 15) is 4.79 Å². The molecule has 1 N–H and O–H groups in total. The van der Waals surface area contributed by atoms with Gasteiger partial charge in [0.25, 0.3) is 0 Å². The lowest BCUT2D eigenvalue weighted by Crippen LogP contribution is -2.45. The van der Waals surface area contributed by atoms with Gasteiger partial charge in [-0.3, -0.25) is 0 Å². The van der Waals surface area contributed by atoms with Crippen LogP contribution in [0.1, 0.15) is 66.7 Å². The van der Waals surface area contributed by atoms with Gasteiger partial charge in [-0.25, -0.2) is 4.79 Å². The van der Waals surface area contributed by atoms with Crippen LogP contribution in [0.15, 0.2) is 0 Å². The van der Waals surface area contributed by atoms with Crippen molar-refractivity contribution >= 4 is 6.09 Å². The van der Waals surface area contributed by atoms with Crippen molar-refractivity contribution in [3.8, 4) is 0 Å². The number of hydrogen-bond donors (Lipinski definition) is 1. The maximum Gasteiger partial charge on any atom is 0.410 e. The first-order valence-corrected chi connectivity index (χ1v) is 8.39. The van der Waals surface area contributed by atoms with Gasteiger partial charge in [-0.2, -0.15) is 0 Å². The van der Waals surface area contributed by atoms with Crippen LogP contribution in [0.25, 0.3) is 0 Å². The number of likely N-dealkylation sites (tertiary alicyclic amines) is 1. The van der Waals surface area contributed by atoms with Gasteiger partial charge >= 0.3 is 6.09 Å². The van der Waals surface area contributed by atoms with Crippen LogP contribution in [0, 0.1) is 5.41 Å². The first kappa shape index (κ1) is 16.6. The Bertz CT molecular complexity index is 373. The molecule has 1 amide bonds. The van der Waals surface area contributed by atoms with Gasteiger partial charge in [-0.15, -0.1) is 0 Å². The number of nitrogens with one attached hydrogen (secondary N) is 1. The molecule has 1 heterocycles. The Kier molecular flexibility index (Phi) is 4.86. The molecule has 0 bridgehead atoms. The molecule has 21 heavy (non-hydrogen) atoms. The zero-order valence-corrected chi connectivity index (χ0v) is 14.4. The molecule has 0 radical (unpaired) electrons. The van der Waals surface area contributed by atoms with Gasteiger partial charge in [0, 0.05) is 25.2 Å². The van der Waals surface area contributed by atoms with E-state index in [4.69, 9.17) is 4.74 Å². The van der Waals surface area contributed by atoms with Crippen molar-refractivity contribution < 1.29 is 9.53 Å². The number of nitrogens with zero attached hydrogens (tertiary/aromatic N) is 1. The van der Waals surface area contributed by atoms with Gasteiger partial charge in [0.15, 0.2) is 0 Å². The third-order valence-corrected chi connectivity index (χ3v) is 4.52. The molecule has 0 aromatic carbocycles. The van der Waals surface area contributed by atoms with Crippen molar-refractivity contribution in [2.45, 2.75) is 84.4 Å². The summed E-state index contributed by atoms with van der Waals surface area (Å²) in [6.07, 6.45) is 6.03. The molecular weight excluding hydrogens is 264 g/mol. The van der Waals surface area contributed by atoms with E-state index in [-0.39, 0.29) is 6.09 Å². The zero-order valence-electron chi connectivity index (χ0n) is 14.4. The van der Waals surface area contributed by atoms with Crippen molar-refractivity contribution in [1.29, 1.82) is 0 Å². The van der Waals surface area contributed by atoms with Gasteiger partial charge in [-0.1, -0.05) is 20.3 Å². The fraction of sp³-hybridized carbons (Fsp3) is 0.941. The second-order valence-electron chi connectivity index (χ2n) is 8.54. The highest BCUT2D eigenvalue weighted by Crippen LogP contribution is 2.35. The predicted molar refractivity (Wildman–Crippen MR) is 85.4 cm³/mol. The summed E-state index contributed by atoms with van der Waals surface area (Å²) in [6.45, 7) is 12.1. The maximum atomic E-state index is 12.1. The van der Waals surface area contributed by atoms with Crippen molar-refractivity contribution in [3.63, 3.8) is 0 Å². The van der Waals surface area contributed by atoms with Gasteiger partial charge in [0.1, 0.15) is 5.60 Å². The lowest BCUT2D eigenvalue weighted by atomic mass is 9.75. The predicted octanol–water partition coefficient (Wildman–Crippen LogP) is 3.55. The van der Waals surface area contributed by atoms with Gasteiger partial charge < -0.3 is 15.0 Å². The quantitative estimate of drug-likeness (QED) is 0.847. The molecule has 2 fully saturated rings. The fourth-order valence-corrected chi connectivity index (χ4v) is 3.56. The SMILES string of the molecule is CC1(C)CCCC(NC2CCN(C(=O)OC(C)(C)C)C2)C1. The summed E-state index contributed by atoms with van der Waals surface area (Å²) < 4.78 is 5.45. The Morgan fingerprint density at radius 2 is 1.95 bits per heavy atom. The van der Waals surface area contributed by atoms with Crippen molar-refractivity contribution in [3.05, 3.63) is 0 Å². The van der Waals surface area contributed by atoms with Gasteiger partial charge in [0.2, 0.25) is 0 Å². The molecule has 1 saturated carbocycles. The summed E-state index contributed by atoms with van der Waals surface area (Å²) >= 11 is 0. The van der Waals surface area contributed by atoms with Crippen LogP contribution in [0.2, 0.25) is 0 Å². The smallest absolute Gasteiger partial charge is 0.410 e. The molecule has 0 spiro atoms. The maximum absolute atomic E-state index is 12.1. The number of carbonyl (C=O) groups excluding carboxylic acids is 1. The molecule has 122 valence electrons. The minimum Gasteiger partial charge on any atom is -0.444 e. The van der Waals surface area contributed by atoms with Crippen LogP contribution in [0.4, 0.5) is 4.79 Å². The number of amides is 1. The molecule has 4 nitrogen and oxygen atoms in total. The summed E-state index contributed by atoms with van der Waals surface area (Å²) in [5.41, 5.74) is 0.0510. The Balaban J connectivity index is 1.79. The van der Waals surface area contributed by atoms with Crippen LogP contribution >= 0.6 is 0 Å². The number of carbonyl (C=O) groups is 1. The lowest BCUT2D eigenvalue weighted by Gasteiger charge is -2.37. The number of ether oxygens (including phenoxy) is 1. The molecule has 4 heteroatoms. The number of hydrogen-bond acceptors (Lipinski definition) is 3. The standard InChI is InChI=1S/C17H32N2O2/c1-16(2,3)21-15(20)19-10-8-14(12-19)18-13-7-6-9-17(4,5)11-13/h13-14,18H,6-12H2,1-5H3. The fourth-order valence-electron chi connectivity index (χ4n) is 3.56. The zero-order chi connectivity index (χ0) is 15.7. The summed E-state index contributed by atoms with van der Waals surface area (Å²) in [6, 6.07) is 1.04. The summed E-state index contributed by atoms with van der Waals surface area (Å²) in [5.74, 6) is 0. The van der Waals surface area contributed by atoms with Crippen LogP contribution in [-0.2, 0) is 4.74 Å². The first-order valence-electron chi connectivity index (χ1n) is 8.39. The molecular formula is C17H32N2O2. The van der Waals surface area contributed by atoms with E-state index in [1.54, 1.807) is 0 Å². The highest BCUT2D eigenvalue weighted by atomic mass is 16.6. The summed E-state index contributed by atoms with van der Waals surface area (Å²) in [4.78, 5) is 13.9. The molecule has 1 aliphatic heterocycles. The number of rotatable bonds is 2. The Morgan fingerprint density at radius 3 is 2.57 bits per heavy atom. The van der Waals surface area contributed by atoms with E-state index in [1.807, 2.05) is 25.7 Å². The first-order chi connectivity index (χ1) is 9.65. The van der Waals surface area contributed by atoms with Crippen LogP contribution in [-0.4, -0.2) is 41.8 Å². The minimum absolute atomic E-state index is 0.171. The van der Waals surface area contributed by atoms with E-state index in [0.29, 0.717) is 17.5 Å². The Morgan fingerprint density at radius 1 is 1.24 bits per heavy atom. The van der Waals surface area contributed by atoms with Crippen molar-refractivity contribution in [2.75, 3.05) is 13.1 Å². The van der Waals surface area contributed by atoms with Crippen LogP contribution < -0.4 is 5.32 Å². The average Bonchev–Trinajstić information content (AvgIpc) is 2.73. The van der Waals surface area contributed by atoms with Gasteiger partial charge in [0.05, 0.1) is 0 Å². The molecule has 1 saturated heterocycles. The normalized spacial score (nSPS) is 29.5. The second-order valence-corrected chi connectivity index (χ2v) is 8.54. The lowest BCUT2D eigenvalue weighted by molar-refractivity contribution is 0.0289. The van der Waals surface area contributed by atoms with E-state index < -0.39 is 5.60 Å². The largest absolute Gasteiger partial charge is 0.444 e. The van der Waals surface area contributed by atoms with Crippen molar-refractivity contribution in [1.82, 2.24) is 10.2 Å². The van der Waals surface area contributed by atoms with E-state index in [2.05, 4.69) is 19.2 Å².